The van der Waals surface area contributed by atoms with Gasteiger partial charge in [-0.05, 0) is 57.0 Å². The number of amides is 1. The van der Waals surface area contributed by atoms with Crippen LogP contribution < -0.4 is 5.56 Å². The molecule has 0 radical (unpaired) electrons. The third-order valence-electron chi connectivity index (χ3n) is 6.56. The number of fused-ring (bicyclic) bond motifs is 1. The van der Waals surface area contributed by atoms with Gasteiger partial charge in [-0.1, -0.05) is 75.2 Å². The molecular formula is C29H38ClN3O2. The minimum absolute atomic E-state index is 0.123. The number of nitrogens with zero attached hydrogens (tertiary/aromatic N) is 3. The van der Waals surface area contributed by atoms with Crippen LogP contribution in [0.25, 0.3) is 16.6 Å². The smallest absolute Gasteiger partial charge is 0.266 e. The van der Waals surface area contributed by atoms with Gasteiger partial charge < -0.3 is 4.90 Å². The zero-order chi connectivity index (χ0) is 25.4. The summed E-state index contributed by atoms with van der Waals surface area (Å²) in [6.45, 7) is 8.98. The minimum atomic E-state index is -0.358. The van der Waals surface area contributed by atoms with Crippen LogP contribution in [0.1, 0.15) is 89.6 Å². The van der Waals surface area contributed by atoms with Crippen LogP contribution in [0.3, 0.4) is 0 Å². The number of aryl methyl sites for hydroxylation is 1. The Hall–Kier alpha value is -2.66. The molecule has 188 valence electrons. The number of aromatic nitrogens is 2. The molecule has 0 saturated carbocycles. The highest BCUT2D eigenvalue weighted by molar-refractivity contribution is 6.31. The molecule has 0 bridgehead atoms. The number of hydrogen-bond donors (Lipinski definition) is 0. The molecule has 0 fully saturated rings. The quantitative estimate of drug-likeness (QED) is 0.246. The van der Waals surface area contributed by atoms with Gasteiger partial charge in [-0.25, -0.2) is 4.98 Å². The van der Waals surface area contributed by atoms with Gasteiger partial charge >= 0.3 is 0 Å². The van der Waals surface area contributed by atoms with Crippen molar-refractivity contribution in [3.05, 3.63) is 69.2 Å². The van der Waals surface area contributed by atoms with Crippen molar-refractivity contribution in [1.29, 1.82) is 0 Å². The lowest BCUT2D eigenvalue weighted by molar-refractivity contribution is -0.133. The number of carbonyl (C=O) groups excluding carboxylic acids is 1. The molecule has 1 atom stereocenters. The van der Waals surface area contributed by atoms with Gasteiger partial charge in [0.15, 0.2) is 0 Å². The van der Waals surface area contributed by atoms with E-state index >= 15 is 0 Å². The molecular weight excluding hydrogens is 458 g/mol. The highest BCUT2D eigenvalue weighted by Gasteiger charge is 2.26. The Labute approximate surface area is 214 Å². The third kappa shape index (κ3) is 6.72. The first-order chi connectivity index (χ1) is 16.9. The summed E-state index contributed by atoms with van der Waals surface area (Å²) in [5.41, 5.74) is 2.26. The van der Waals surface area contributed by atoms with Crippen molar-refractivity contribution < 1.29 is 4.79 Å². The van der Waals surface area contributed by atoms with Crippen molar-refractivity contribution >= 4 is 28.4 Å². The van der Waals surface area contributed by atoms with Crippen LogP contribution >= 0.6 is 11.6 Å². The molecule has 0 aliphatic carbocycles. The molecule has 1 unspecified atom stereocenters. The van der Waals surface area contributed by atoms with Gasteiger partial charge in [0.05, 0.1) is 22.6 Å². The van der Waals surface area contributed by atoms with Crippen LogP contribution in [0.4, 0.5) is 0 Å². The monoisotopic (exact) mass is 495 g/mol. The number of halogens is 1. The van der Waals surface area contributed by atoms with Crippen molar-refractivity contribution in [1.82, 2.24) is 14.5 Å². The Bertz CT molecular complexity index is 1190. The highest BCUT2D eigenvalue weighted by atomic mass is 35.5. The zero-order valence-corrected chi connectivity index (χ0v) is 22.3. The lowest BCUT2D eigenvalue weighted by atomic mass is 10.1. The van der Waals surface area contributed by atoms with Crippen LogP contribution in [-0.4, -0.2) is 26.9 Å². The second-order valence-electron chi connectivity index (χ2n) is 9.39. The van der Waals surface area contributed by atoms with Gasteiger partial charge in [0.2, 0.25) is 5.91 Å². The molecule has 0 saturated heterocycles. The summed E-state index contributed by atoms with van der Waals surface area (Å²) in [6, 6.07) is 12.7. The van der Waals surface area contributed by atoms with Crippen molar-refractivity contribution in [2.45, 2.75) is 85.1 Å². The first-order valence-electron chi connectivity index (χ1n) is 13.0. The van der Waals surface area contributed by atoms with Gasteiger partial charge in [-0.3, -0.25) is 14.2 Å². The molecule has 1 heterocycles. The van der Waals surface area contributed by atoms with Crippen molar-refractivity contribution in [2.75, 3.05) is 6.54 Å². The van der Waals surface area contributed by atoms with Crippen molar-refractivity contribution in [3.63, 3.8) is 0 Å². The van der Waals surface area contributed by atoms with E-state index < -0.39 is 0 Å². The SMILES string of the molecule is CCCCCCN(C(=O)CCCCC)C(C)c1nc2cc(Cl)ccc2c(=O)n1-c1ccc(C)cc1. The number of benzene rings is 2. The van der Waals surface area contributed by atoms with Crippen molar-refractivity contribution in [3.8, 4) is 5.69 Å². The fourth-order valence-electron chi connectivity index (χ4n) is 4.45. The molecule has 0 aliphatic rings. The van der Waals surface area contributed by atoms with E-state index in [9.17, 15) is 9.59 Å². The Balaban J connectivity index is 2.11. The number of unbranched alkanes of at least 4 members (excludes halogenated alkanes) is 5. The molecule has 3 rings (SSSR count). The molecule has 0 N–H and O–H groups in total. The molecule has 6 heteroatoms. The first kappa shape index (κ1) is 26.9. The fraction of sp³-hybridized carbons (Fsp3) is 0.483. The molecule has 2 aromatic carbocycles. The maximum absolute atomic E-state index is 13.7. The molecule has 1 amide bonds. The summed E-state index contributed by atoms with van der Waals surface area (Å²) in [5.74, 6) is 0.686. The molecule has 3 aromatic rings. The average molecular weight is 496 g/mol. The van der Waals surface area contributed by atoms with E-state index in [-0.39, 0.29) is 17.5 Å². The molecule has 35 heavy (non-hydrogen) atoms. The molecule has 5 nitrogen and oxygen atoms in total. The second kappa shape index (κ2) is 12.9. The summed E-state index contributed by atoms with van der Waals surface area (Å²) in [6.07, 6.45) is 7.79. The summed E-state index contributed by atoms with van der Waals surface area (Å²) in [4.78, 5) is 34.0. The maximum atomic E-state index is 13.7. The van der Waals surface area contributed by atoms with Gasteiger partial charge in [0.1, 0.15) is 5.82 Å². The Morgan fingerprint density at radius 2 is 1.69 bits per heavy atom. The maximum Gasteiger partial charge on any atom is 0.266 e. The van der Waals surface area contributed by atoms with Gasteiger partial charge in [-0.15, -0.1) is 0 Å². The van der Waals surface area contributed by atoms with E-state index in [4.69, 9.17) is 16.6 Å². The van der Waals surface area contributed by atoms with E-state index in [0.717, 1.165) is 56.2 Å². The molecule has 0 aliphatic heterocycles. The van der Waals surface area contributed by atoms with Crippen LogP contribution in [0.15, 0.2) is 47.3 Å². The van der Waals surface area contributed by atoms with Crippen LogP contribution in [0.5, 0.6) is 0 Å². The van der Waals surface area contributed by atoms with E-state index in [0.29, 0.717) is 34.7 Å². The topological polar surface area (TPSA) is 55.2 Å². The average Bonchev–Trinajstić information content (AvgIpc) is 2.84. The summed E-state index contributed by atoms with van der Waals surface area (Å²) in [7, 11) is 0. The number of hydrogen-bond acceptors (Lipinski definition) is 3. The number of carbonyl (C=O) groups is 1. The Morgan fingerprint density at radius 3 is 2.37 bits per heavy atom. The van der Waals surface area contributed by atoms with E-state index in [2.05, 4.69) is 13.8 Å². The van der Waals surface area contributed by atoms with E-state index in [1.807, 2.05) is 43.0 Å². The fourth-order valence-corrected chi connectivity index (χ4v) is 4.62. The Morgan fingerprint density at radius 1 is 1.00 bits per heavy atom. The lowest BCUT2D eigenvalue weighted by Crippen LogP contribution is -2.38. The van der Waals surface area contributed by atoms with Crippen LogP contribution in [-0.2, 0) is 4.79 Å². The van der Waals surface area contributed by atoms with Crippen LogP contribution in [0.2, 0.25) is 5.02 Å². The largest absolute Gasteiger partial charge is 0.333 e. The second-order valence-corrected chi connectivity index (χ2v) is 9.82. The highest BCUT2D eigenvalue weighted by Crippen LogP contribution is 2.26. The third-order valence-corrected chi connectivity index (χ3v) is 6.79. The summed E-state index contributed by atoms with van der Waals surface area (Å²) in [5, 5.41) is 1.04. The zero-order valence-electron chi connectivity index (χ0n) is 21.5. The van der Waals surface area contributed by atoms with E-state index in [1.54, 1.807) is 22.8 Å². The van der Waals surface area contributed by atoms with Crippen molar-refractivity contribution in [2.24, 2.45) is 0 Å². The molecule has 1 aromatic heterocycles. The van der Waals surface area contributed by atoms with E-state index in [1.165, 1.54) is 0 Å². The van der Waals surface area contributed by atoms with Crippen LogP contribution in [0, 0.1) is 6.92 Å². The number of rotatable bonds is 12. The predicted octanol–water partition coefficient (Wildman–Crippen LogP) is 7.40. The normalized spacial score (nSPS) is 12.1. The minimum Gasteiger partial charge on any atom is -0.333 e. The first-order valence-corrected chi connectivity index (χ1v) is 13.3. The standard InChI is InChI=1S/C29H38ClN3O2/c1-5-7-9-11-19-32(27(34)12-10-8-6-2)22(4)28-31-26-20-23(30)15-18-25(26)29(35)33(28)24-16-13-21(3)14-17-24/h13-18,20,22H,5-12,19H2,1-4H3. The summed E-state index contributed by atoms with van der Waals surface area (Å²) >= 11 is 6.25. The molecule has 0 spiro atoms. The van der Waals surface area contributed by atoms with Gasteiger partial charge in [0, 0.05) is 18.0 Å². The predicted molar refractivity (Wildman–Crippen MR) is 145 cm³/mol. The van der Waals surface area contributed by atoms with Gasteiger partial charge in [0.25, 0.3) is 5.56 Å². The Kier molecular flexibility index (Phi) is 9.91. The lowest BCUT2D eigenvalue weighted by Gasteiger charge is -2.31. The van der Waals surface area contributed by atoms with Gasteiger partial charge in [-0.2, -0.15) is 0 Å². The summed E-state index contributed by atoms with van der Waals surface area (Å²) < 4.78 is 1.67.